The molecule has 2 aromatic carbocycles. The Morgan fingerprint density at radius 3 is 2.41 bits per heavy atom. The van der Waals surface area contributed by atoms with Crippen molar-refractivity contribution in [1.82, 2.24) is 15.2 Å². The Hall–Kier alpha value is -3.41. The predicted molar refractivity (Wildman–Crippen MR) is 99.4 cm³/mol. The van der Waals surface area contributed by atoms with E-state index in [0.29, 0.717) is 11.1 Å². The van der Waals surface area contributed by atoms with E-state index in [1.54, 1.807) is 24.3 Å². The number of carbonyl (C=O) groups excluding carboxylic acids is 3. The van der Waals surface area contributed by atoms with Crippen molar-refractivity contribution >= 4 is 28.6 Å². The van der Waals surface area contributed by atoms with Crippen LogP contribution in [0.5, 0.6) is 0 Å². The number of H-pyrrole nitrogens is 1. The number of hydrogen-bond donors (Lipinski definition) is 2. The molecule has 0 saturated carbocycles. The average Bonchev–Trinajstić information content (AvgIpc) is 3.28. The second kappa shape index (κ2) is 5.81. The van der Waals surface area contributed by atoms with E-state index in [0.717, 1.165) is 29.0 Å². The summed E-state index contributed by atoms with van der Waals surface area (Å²) < 4.78 is 0. The highest BCUT2D eigenvalue weighted by Gasteiger charge is 2.36. The number of aromatic amines is 1. The Bertz CT molecular complexity index is 1080. The van der Waals surface area contributed by atoms with Crippen molar-refractivity contribution < 1.29 is 14.4 Å². The van der Waals surface area contributed by atoms with Crippen molar-refractivity contribution in [2.24, 2.45) is 0 Å². The highest BCUT2D eigenvalue weighted by atomic mass is 16.2. The molecule has 0 radical (unpaired) electrons. The van der Waals surface area contributed by atoms with Crippen molar-refractivity contribution in [2.45, 2.75) is 18.9 Å². The Kier molecular flexibility index (Phi) is 3.40. The Balaban J connectivity index is 1.27. The molecule has 134 valence electrons. The highest BCUT2D eigenvalue weighted by Crippen LogP contribution is 2.30. The molecule has 2 heterocycles. The van der Waals surface area contributed by atoms with Gasteiger partial charge in [0.25, 0.3) is 11.8 Å². The zero-order valence-electron chi connectivity index (χ0n) is 14.5. The van der Waals surface area contributed by atoms with E-state index in [9.17, 15) is 14.4 Å². The first kappa shape index (κ1) is 15.8. The van der Waals surface area contributed by atoms with Crippen molar-refractivity contribution in [3.8, 4) is 0 Å². The van der Waals surface area contributed by atoms with Crippen LogP contribution in [0.3, 0.4) is 0 Å². The van der Waals surface area contributed by atoms with Gasteiger partial charge in [-0.3, -0.25) is 19.3 Å². The van der Waals surface area contributed by atoms with E-state index in [-0.39, 0.29) is 18.5 Å². The lowest BCUT2D eigenvalue weighted by atomic mass is 10.1. The number of rotatable bonds is 3. The molecule has 3 aromatic rings. The van der Waals surface area contributed by atoms with E-state index in [1.165, 1.54) is 10.9 Å². The summed E-state index contributed by atoms with van der Waals surface area (Å²) in [7, 11) is 0. The van der Waals surface area contributed by atoms with Gasteiger partial charge in [0, 0.05) is 29.1 Å². The van der Waals surface area contributed by atoms with Gasteiger partial charge in [-0.2, -0.15) is 0 Å². The molecule has 3 amide bonds. The molecule has 0 saturated heterocycles. The maximum atomic E-state index is 12.5. The molecule has 0 spiro atoms. The molecule has 0 bridgehead atoms. The van der Waals surface area contributed by atoms with Crippen LogP contribution in [0, 0.1) is 0 Å². The van der Waals surface area contributed by atoms with Crippen LogP contribution in [0.25, 0.3) is 10.9 Å². The molecule has 1 aliphatic carbocycles. The standard InChI is InChI=1S/C21H17N3O3/c25-19(11-24-20(26)14-6-1-2-7-15(14)21(24)27)22-12-9-16-13-5-3-4-8-17(13)23-18(16)10-12/h1-8,12,23H,9-11H2,(H,22,25). The van der Waals surface area contributed by atoms with Crippen molar-refractivity contribution in [3.05, 3.63) is 70.9 Å². The Morgan fingerprint density at radius 2 is 1.67 bits per heavy atom. The summed E-state index contributed by atoms with van der Waals surface area (Å²) in [5.41, 5.74) is 4.20. The SMILES string of the molecule is O=C(CN1C(=O)c2ccccc2C1=O)NC1Cc2[nH]c3ccccc3c2C1. The first-order chi connectivity index (χ1) is 13.1. The van der Waals surface area contributed by atoms with Crippen LogP contribution in [0.15, 0.2) is 48.5 Å². The number of hydrogen-bond acceptors (Lipinski definition) is 3. The molecular weight excluding hydrogens is 342 g/mol. The fourth-order valence-electron chi connectivity index (χ4n) is 4.13. The van der Waals surface area contributed by atoms with Gasteiger partial charge in [0.2, 0.25) is 5.91 Å². The summed E-state index contributed by atoms with van der Waals surface area (Å²) in [4.78, 5) is 41.7. The number of aromatic nitrogens is 1. The van der Waals surface area contributed by atoms with Gasteiger partial charge in [-0.1, -0.05) is 30.3 Å². The van der Waals surface area contributed by atoms with Gasteiger partial charge >= 0.3 is 0 Å². The third kappa shape index (κ3) is 2.44. The monoisotopic (exact) mass is 359 g/mol. The van der Waals surface area contributed by atoms with E-state index in [2.05, 4.69) is 16.4 Å². The summed E-state index contributed by atoms with van der Waals surface area (Å²) in [6.45, 7) is -0.252. The molecule has 2 aliphatic rings. The molecule has 5 rings (SSSR count). The largest absolute Gasteiger partial charge is 0.358 e. The van der Waals surface area contributed by atoms with Crippen molar-refractivity contribution in [1.29, 1.82) is 0 Å². The molecule has 6 nitrogen and oxygen atoms in total. The second-order valence-corrected chi connectivity index (χ2v) is 7.04. The minimum absolute atomic E-state index is 0.0291. The lowest BCUT2D eigenvalue weighted by molar-refractivity contribution is -0.122. The molecule has 2 N–H and O–H groups in total. The molecule has 27 heavy (non-hydrogen) atoms. The summed E-state index contributed by atoms with van der Waals surface area (Å²) in [5, 5.41) is 4.15. The minimum atomic E-state index is -0.409. The zero-order valence-corrected chi connectivity index (χ0v) is 14.5. The number of para-hydroxylation sites is 1. The number of benzene rings is 2. The lowest BCUT2D eigenvalue weighted by Crippen LogP contribution is -2.44. The van der Waals surface area contributed by atoms with Gasteiger partial charge < -0.3 is 10.3 Å². The van der Waals surface area contributed by atoms with Crippen LogP contribution in [-0.2, 0) is 17.6 Å². The zero-order chi connectivity index (χ0) is 18.5. The molecule has 1 unspecified atom stereocenters. The quantitative estimate of drug-likeness (QED) is 0.702. The molecular formula is C21H17N3O3. The number of nitrogens with one attached hydrogen (secondary N) is 2. The molecule has 1 aliphatic heterocycles. The summed E-state index contributed by atoms with van der Waals surface area (Å²) in [5.74, 6) is -1.13. The van der Waals surface area contributed by atoms with Gasteiger partial charge in [0.1, 0.15) is 6.54 Å². The fourth-order valence-corrected chi connectivity index (χ4v) is 4.13. The van der Waals surface area contributed by atoms with Crippen LogP contribution in [0.2, 0.25) is 0 Å². The predicted octanol–water partition coefficient (Wildman–Crippen LogP) is 2.05. The lowest BCUT2D eigenvalue weighted by Gasteiger charge is -2.17. The van der Waals surface area contributed by atoms with Crippen LogP contribution in [0.4, 0.5) is 0 Å². The maximum absolute atomic E-state index is 12.5. The number of nitrogens with zero attached hydrogens (tertiary/aromatic N) is 1. The summed E-state index contributed by atoms with van der Waals surface area (Å²) >= 11 is 0. The second-order valence-electron chi connectivity index (χ2n) is 7.04. The van der Waals surface area contributed by atoms with E-state index in [4.69, 9.17) is 0 Å². The average molecular weight is 359 g/mol. The first-order valence-electron chi connectivity index (χ1n) is 8.95. The van der Waals surface area contributed by atoms with Gasteiger partial charge in [-0.25, -0.2) is 0 Å². The smallest absolute Gasteiger partial charge is 0.262 e. The summed E-state index contributed by atoms with van der Waals surface area (Å²) in [6, 6.07) is 14.7. The number of fused-ring (bicyclic) bond motifs is 4. The van der Waals surface area contributed by atoms with Crippen LogP contribution in [-0.4, -0.2) is 40.2 Å². The van der Waals surface area contributed by atoms with Gasteiger partial charge in [-0.05, 0) is 30.2 Å². The Morgan fingerprint density at radius 1 is 1.00 bits per heavy atom. The Labute approximate surface area is 155 Å². The topological polar surface area (TPSA) is 82.3 Å². The molecule has 6 heteroatoms. The maximum Gasteiger partial charge on any atom is 0.262 e. The molecule has 1 atom stereocenters. The molecule has 1 aromatic heterocycles. The summed E-state index contributed by atoms with van der Waals surface area (Å²) in [6.07, 6.45) is 1.46. The van der Waals surface area contributed by atoms with Crippen molar-refractivity contribution in [3.63, 3.8) is 0 Å². The first-order valence-corrected chi connectivity index (χ1v) is 8.95. The van der Waals surface area contributed by atoms with Crippen LogP contribution >= 0.6 is 0 Å². The van der Waals surface area contributed by atoms with Crippen LogP contribution < -0.4 is 5.32 Å². The van der Waals surface area contributed by atoms with E-state index in [1.807, 2.05) is 18.2 Å². The fraction of sp³-hybridized carbons (Fsp3) is 0.190. The van der Waals surface area contributed by atoms with Crippen molar-refractivity contribution in [2.75, 3.05) is 6.54 Å². The van der Waals surface area contributed by atoms with Gasteiger partial charge in [-0.15, -0.1) is 0 Å². The number of amides is 3. The highest BCUT2D eigenvalue weighted by molar-refractivity contribution is 6.22. The number of imide groups is 1. The van der Waals surface area contributed by atoms with Gasteiger partial charge in [0.05, 0.1) is 11.1 Å². The third-order valence-corrected chi connectivity index (χ3v) is 5.35. The number of carbonyl (C=O) groups is 3. The molecule has 0 fully saturated rings. The van der Waals surface area contributed by atoms with Crippen LogP contribution in [0.1, 0.15) is 32.0 Å². The van der Waals surface area contributed by atoms with E-state index >= 15 is 0 Å². The minimum Gasteiger partial charge on any atom is -0.358 e. The van der Waals surface area contributed by atoms with E-state index < -0.39 is 11.8 Å². The normalized spacial score (nSPS) is 18.1. The third-order valence-electron chi connectivity index (χ3n) is 5.35. The van der Waals surface area contributed by atoms with Gasteiger partial charge in [0.15, 0.2) is 0 Å².